The molecular weight excluding hydrogens is 242 g/mol. The summed E-state index contributed by atoms with van der Waals surface area (Å²) in [6.45, 7) is 0.202. The fourth-order valence-corrected chi connectivity index (χ4v) is 2.06. The predicted molar refractivity (Wildman–Crippen MR) is 75.1 cm³/mol. The van der Waals surface area contributed by atoms with Crippen LogP contribution in [0.4, 0.5) is 28.7 Å². The summed E-state index contributed by atoms with van der Waals surface area (Å²) in [7, 11) is 0. The zero-order valence-electron chi connectivity index (χ0n) is 10.1. The summed E-state index contributed by atoms with van der Waals surface area (Å²) >= 11 is 0. The van der Waals surface area contributed by atoms with Crippen LogP contribution in [-0.2, 0) is 4.79 Å². The second kappa shape index (κ2) is 4.16. The molecular formula is C13H13N5O. The average Bonchev–Trinajstić information content (AvgIpc) is 2.41. The van der Waals surface area contributed by atoms with E-state index in [0.717, 1.165) is 11.4 Å². The first kappa shape index (κ1) is 11.3. The van der Waals surface area contributed by atoms with Crippen LogP contribution in [-0.4, -0.2) is 17.4 Å². The molecule has 0 atom stereocenters. The van der Waals surface area contributed by atoms with E-state index in [0.29, 0.717) is 11.5 Å². The topological polar surface area (TPSA) is 97.3 Å². The molecule has 1 aliphatic heterocycles. The largest absolute Gasteiger partial charge is 0.396 e. The van der Waals surface area contributed by atoms with Crippen LogP contribution in [0.5, 0.6) is 0 Å². The summed E-state index contributed by atoms with van der Waals surface area (Å²) in [6.07, 6.45) is 0. The molecule has 1 aliphatic rings. The Balaban J connectivity index is 2.09. The molecule has 0 spiro atoms. The van der Waals surface area contributed by atoms with Crippen molar-refractivity contribution in [2.24, 2.45) is 0 Å². The summed E-state index contributed by atoms with van der Waals surface area (Å²) in [5, 5.41) is 2.82. The normalized spacial score (nSPS) is 13.9. The maximum Gasteiger partial charge on any atom is 0.244 e. The van der Waals surface area contributed by atoms with Gasteiger partial charge >= 0.3 is 0 Å². The molecule has 1 aromatic heterocycles. The van der Waals surface area contributed by atoms with Gasteiger partial charge in [-0.15, -0.1) is 0 Å². The molecule has 0 fully saturated rings. The zero-order valence-corrected chi connectivity index (χ0v) is 10.1. The minimum atomic E-state index is -0.0871. The number of pyridine rings is 1. The third-order valence-electron chi connectivity index (χ3n) is 2.99. The molecule has 1 amide bonds. The minimum absolute atomic E-state index is 0.0871. The van der Waals surface area contributed by atoms with E-state index in [1.165, 1.54) is 0 Å². The van der Waals surface area contributed by atoms with Gasteiger partial charge in [0, 0.05) is 0 Å². The van der Waals surface area contributed by atoms with Gasteiger partial charge in [0.2, 0.25) is 5.91 Å². The molecule has 0 bridgehead atoms. The molecule has 6 nitrogen and oxygen atoms in total. The average molecular weight is 255 g/mol. The van der Waals surface area contributed by atoms with E-state index in [2.05, 4.69) is 10.3 Å². The van der Waals surface area contributed by atoms with E-state index in [1.807, 2.05) is 29.2 Å². The number of nitrogens with zero attached hydrogens (tertiary/aromatic N) is 2. The first-order valence-electron chi connectivity index (χ1n) is 5.83. The van der Waals surface area contributed by atoms with Crippen molar-refractivity contribution in [2.75, 3.05) is 28.2 Å². The van der Waals surface area contributed by atoms with Crippen LogP contribution in [0.2, 0.25) is 0 Å². The van der Waals surface area contributed by atoms with E-state index in [9.17, 15) is 4.79 Å². The molecule has 5 N–H and O–H groups in total. The Hall–Kier alpha value is -2.76. The number of nitrogens with one attached hydrogen (secondary N) is 1. The summed E-state index contributed by atoms with van der Waals surface area (Å²) in [5.74, 6) is 0.783. The van der Waals surface area contributed by atoms with Crippen LogP contribution in [0.3, 0.4) is 0 Å². The molecule has 2 aromatic rings. The third kappa shape index (κ3) is 1.93. The summed E-state index contributed by atoms with van der Waals surface area (Å²) in [6, 6.07) is 11.0. The van der Waals surface area contributed by atoms with Crippen molar-refractivity contribution in [2.45, 2.75) is 0 Å². The molecule has 0 aliphatic carbocycles. The van der Waals surface area contributed by atoms with Crippen molar-refractivity contribution >= 4 is 34.6 Å². The van der Waals surface area contributed by atoms with Gasteiger partial charge in [0.05, 0.1) is 17.1 Å². The van der Waals surface area contributed by atoms with Crippen molar-refractivity contribution in [3.05, 3.63) is 36.4 Å². The van der Waals surface area contributed by atoms with Crippen LogP contribution in [0.25, 0.3) is 0 Å². The molecule has 0 saturated heterocycles. The van der Waals surface area contributed by atoms with E-state index < -0.39 is 0 Å². The number of nitrogens with two attached hydrogens (primary N) is 2. The first-order chi connectivity index (χ1) is 9.15. The fraction of sp³-hybridized carbons (Fsp3) is 0.0769. The molecule has 3 rings (SSSR count). The highest BCUT2D eigenvalue weighted by atomic mass is 16.2. The summed E-state index contributed by atoms with van der Waals surface area (Å²) in [4.78, 5) is 17.8. The molecule has 0 radical (unpaired) electrons. The quantitative estimate of drug-likeness (QED) is 0.714. The lowest BCUT2D eigenvalue weighted by atomic mass is 10.2. The Morgan fingerprint density at radius 1 is 1.16 bits per heavy atom. The van der Waals surface area contributed by atoms with E-state index in [4.69, 9.17) is 11.5 Å². The Morgan fingerprint density at radius 3 is 2.74 bits per heavy atom. The molecule has 0 saturated carbocycles. The summed E-state index contributed by atoms with van der Waals surface area (Å²) < 4.78 is 0. The van der Waals surface area contributed by atoms with Gasteiger partial charge in [-0.05, 0) is 24.3 Å². The number of fused-ring (bicyclic) bond motifs is 1. The number of carbonyl (C=O) groups is 1. The lowest BCUT2D eigenvalue weighted by Crippen LogP contribution is -2.35. The van der Waals surface area contributed by atoms with Crippen LogP contribution >= 0.6 is 0 Å². The standard InChI is InChI=1S/C13H13N5O/c14-8-5-6-11(17-13(8)15)18-7-12(19)16-9-3-1-2-4-10(9)18/h1-6H,7,14H2,(H2,15,17)(H,16,19). The number of anilines is 5. The van der Waals surface area contributed by atoms with Crippen LogP contribution in [0.1, 0.15) is 0 Å². The van der Waals surface area contributed by atoms with Crippen LogP contribution in [0.15, 0.2) is 36.4 Å². The highest BCUT2D eigenvalue weighted by Crippen LogP contribution is 2.34. The summed E-state index contributed by atoms with van der Waals surface area (Å²) in [5.41, 5.74) is 13.5. The fourth-order valence-electron chi connectivity index (χ4n) is 2.06. The number of hydrogen-bond donors (Lipinski definition) is 3. The Labute approximate surface area is 110 Å². The Morgan fingerprint density at radius 2 is 1.95 bits per heavy atom. The molecule has 0 unspecified atom stereocenters. The highest BCUT2D eigenvalue weighted by Gasteiger charge is 2.23. The second-order valence-corrected chi connectivity index (χ2v) is 4.30. The predicted octanol–water partition coefficient (Wildman–Crippen LogP) is 1.34. The van der Waals surface area contributed by atoms with Crippen molar-refractivity contribution < 1.29 is 4.79 Å². The van der Waals surface area contributed by atoms with E-state index in [-0.39, 0.29) is 18.3 Å². The SMILES string of the molecule is Nc1ccc(N2CC(=O)Nc3ccccc32)nc1N. The van der Waals surface area contributed by atoms with Crippen LogP contribution in [0, 0.1) is 0 Å². The van der Waals surface area contributed by atoms with Gasteiger partial charge in [-0.2, -0.15) is 0 Å². The maximum absolute atomic E-state index is 11.7. The second-order valence-electron chi connectivity index (χ2n) is 4.30. The van der Waals surface area contributed by atoms with Gasteiger partial charge in [0.25, 0.3) is 0 Å². The molecule has 1 aromatic carbocycles. The molecule has 96 valence electrons. The van der Waals surface area contributed by atoms with Gasteiger partial charge < -0.3 is 21.7 Å². The van der Waals surface area contributed by atoms with Crippen LogP contribution < -0.4 is 21.7 Å². The number of rotatable bonds is 1. The number of hydrogen-bond acceptors (Lipinski definition) is 5. The Kier molecular flexibility index (Phi) is 2.49. The lowest BCUT2D eigenvalue weighted by molar-refractivity contribution is -0.115. The van der Waals surface area contributed by atoms with Gasteiger partial charge in [-0.1, -0.05) is 12.1 Å². The van der Waals surface area contributed by atoms with Gasteiger partial charge in [-0.3, -0.25) is 4.79 Å². The number of nitrogen functional groups attached to an aromatic ring is 2. The van der Waals surface area contributed by atoms with Gasteiger partial charge in [-0.25, -0.2) is 4.98 Å². The van der Waals surface area contributed by atoms with Crippen molar-refractivity contribution in [3.63, 3.8) is 0 Å². The minimum Gasteiger partial charge on any atom is -0.396 e. The monoisotopic (exact) mass is 255 g/mol. The Bertz CT molecular complexity index is 655. The number of benzene rings is 1. The number of carbonyl (C=O) groups excluding carboxylic acids is 1. The van der Waals surface area contributed by atoms with Crippen molar-refractivity contribution in [3.8, 4) is 0 Å². The first-order valence-corrected chi connectivity index (χ1v) is 5.83. The smallest absolute Gasteiger partial charge is 0.244 e. The van der Waals surface area contributed by atoms with Crippen molar-refractivity contribution in [1.82, 2.24) is 4.98 Å². The molecule has 2 heterocycles. The van der Waals surface area contributed by atoms with E-state index in [1.54, 1.807) is 12.1 Å². The number of para-hydroxylation sites is 2. The molecule has 19 heavy (non-hydrogen) atoms. The van der Waals surface area contributed by atoms with Gasteiger partial charge in [0.15, 0.2) is 0 Å². The number of aromatic nitrogens is 1. The third-order valence-corrected chi connectivity index (χ3v) is 2.99. The molecule has 6 heteroatoms. The van der Waals surface area contributed by atoms with Gasteiger partial charge in [0.1, 0.15) is 18.2 Å². The van der Waals surface area contributed by atoms with Crippen molar-refractivity contribution in [1.29, 1.82) is 0 Å². The zero-order chi connectivity index (χ0) is 13.4. The number of amides is 1. The lowest BCUT2D eigenvalue weighted by Gasteiger charge is -2.30. The van der Waals surface area contributed by atoms with E-state index >= 15 is 0 Å². The maximum atomic E-state index is 11.7. The highest BCUT2D eigenvalue weighted by molar-refractivity contribution is 6.02.